The summed E-state index contributed by atoms with van der Waals surface area (Å²) in [5.41, 5.74) is 0.557. The topological polar surface area (TPSA) is 33.5 Å². The fourth-order valence-corrected chi connectivity index (χ4v) is 2.00. The molecule has 0 aliphatic rings. The molecule has 1 amide bonds. The minimum Gasteiger partial charge on any atom is -0.457 e. The first-order chi connectivity index (χ1) is 7.70. The summed E-state index contributed by atoms with van der Waals surface area (Å²) in [4.78, 5) is 13.9. The second-order valence-corrected chi connectivity index (χ2v) is 4.54. The standard InChI is InChI=1S/C11H15BrClNO2/c1-2-3-6-14(7-5-13)11(15)9-4-8-16-10(9)12/h4,8H,2-3,5-7H2,1H3. The van der Waals surface area contributed by atoms with Crippen LogP contribution in [0.5, 0.6) is 0 Å². The molecule has 0 atom stereocenters. The highest BCUT2D eigenvalue weighted by molar-refractivity contribution is 9.10. The molecule has 0 bridgehead atoms. The van der Waals surface area contributed by atoms with Gasteiger partial charge in [-0.2, -0.15) is 0 Å². The molecule has 0 N–H and O–H groups in total. The normalized spacial score (nSPS) is 10.4. The van der Waals surface area contributed by atoms with E-state index in [4.69, 9.17) is 16.0 Å². The minimum absolute atomic E-state index is 0.0327. The lowest BCUT2D eigenvalue weighted by Crippen LogP contribution is -2.33. The van der Waals surface area contributed by atoms with Gasteiger partial charge in [0.15, 0.2) is 4.67 Å². The van der Waals surface area contributed by atoms with Crippen LogP contribution >= 0.6 is 27.5 Å². The Kier molecular flexibility index (Phi) is 5.91. The Morgan fingerprint density at radius 2 is 2.31 bits per heavy atom. The lowest BCUT2D eigenvalue weighted by Gasteiger charge is -2.20. The maximum atomic E-state index is 12.1. The molecule has 1 aromatic rings. The molecule has 0 unspecified atom stereocenters. The summed E-state index contributed by atoms with van der Waals surface area (Å²) in [5.74, 6) is 0.417. The SMILES string of the molecule is CCCCN(CCCl)C(=O)c1ccoc1Br. The van der Waals surface area contributed by atoms with E-state index in [-0.39, 0.29) is 5.91 Å². The highest BCUT2D eigenvalue weighted by Crippen LogP contribution is 2.19. The van der Waals surface area contributed by atoms with Gasteiger partial charge in [0, 0.05) is 19.0 Å². The molecule has 1 heterocycles. The van der Waals surface area contributed by atoms with Gasteiger partial charge in [-0.05, 0) is 28.4 Å². The average molecular weight is 309 g/mol. The molecule has 0 fully saturated rings. The van der Waals surface area contributed by atoms with Crippen LogP contribution in [-0.2, 0) is 0 Å². The predicted octanol–water partition coefficient (Wildman–Crippen LogP) is 3.52. The van der Waals surface area contributed by atoms with Gasteiger partial charge in [0.25, 0.3) is 5.91 Å². The molecule has 1 aromatic heterocycles. The second kappa shape index (κ2) is 6.97. The number of amides is 1. The van der Waals surface area contributed by atoms with Crippen molar-refractivity contribution >= 4 is 33.4 Å². The van der Waals surface area contributed by atoms with E-state index < -0.39 is 0 Å². The molecule has 0 aromatic carbocycles. The summed E-state index contributed by atoms with van der Waals surface area (Å²) in [7, 11) is 0. The van der Waals surface area contributed by atoms with Crippen LogP contribution in [0, 0.1) is 0 Å². The van der Waals surface area contributed by atoms with Crippen molar-refractivity contribution in [1.29, 1.82) is 0 Å². The number of nitrogens with zero attached hydrogens (tertiary/aromatic N) is 1. The third-order valence-corrected chi connectivity index (χ3v) is 3.05. The monoisotopic (exact) mass is 307 g/mol. The zero-order valence-corrected chi connectivity index (χ0v) is 11.6. The van der Waals surface area contributed by atoms with Gasteiger partial charge in [-0.1, -0.05) is 13.3 Å². The molecule has 0 saturated heterocycles. The third kappa shape index (κ3) is 3.52. The fourth-order valence-electron chi connectivity index (χ4n) is 1.38. The van der Waals surface area contributed by atoms with Gasteiger partial charge in [0.1, 0.15) is 0 Å². The van der Waals surface area contributed by atoms with Crippen LogP contribution in [0.1, 0.15) is 30.1 Å². The van der Waals surface area contributed by atoms with E-state index in [0.717, 1.165) is 19.4 Å². The van der Waals surface area contributed by atoms with Gasteiger partial charge in [-0.15, -0.1) is 11.6 Å². The number of carbonyl (C=O) groups excluding carboxylic acids is 1. The largest absolute Gasteiger partial charge is 0.457 e. The minimum atomic E-state index is -0.0327. The Balaban J connectivity index is 2.70. The van der Waals surface area contributed by atoms with E-state index in [1.807, 2.05) is 0 Å². The van der Waals surface area contributed by atoms with E-state index in [1.165, 1.54) is 6.26 Å². The first kappa shape index (κ1) is 13.6. The molecule has 0 spiro atoms. The molecule has 0 radical (unpaired) electrons. The molecule has 90 valence electrons. The fraction of sp³-hybridized carbons (Fsp3) is 0.545. The molecule has 16 heavy (non-hydrogen) atoms. The first-order valence-corrected chi connectivity index (χ1v) is 6.61. The lowest BCUT2D eigenvalue weighted by atomic mass is 10.2. The van der Waals surface area contributed by atoms with Gasteiger partial charge in [-0.3, -0.25) is 4.79 Å². The average Bonchev–Trinajstić information content (AvgIpc) is 2.69. The first-order valence-electron chi connectivity index (χ1n) is 5.29. The van der Waals surface area contributed by atoms with Crippen LogP contribution in [-0.4, -0.2) is 29.8 Å². The number of furan rings is 1. The Bertz CT molecular complexity index is 340. The van der Waals surface area contributed by atoms with Crippen molar-refractivity contribution in [2.45, 2.75) is 19.8 Å². The number of alkyl halides is 1. The summed E-state index contributed by atoms with van der Waals surface area (Å²) in [6.07, 6.45) is 3.53. The number of hydrogen-bond acceptors (Lipinski definition) is 2. The van der Waals surface area contributed by atoms with Crippen molar-refractivity contribution in [3.8, 4) is 0 Å². The van der Waals surface area contributed by atoms with Crippen LogP contribution in [0.15, 0.2) is 21.4 Å². The van der Waals surface area contributed by atoms with Gasteiger partial charge in [-0.25, -0.2) is 0 Å². The summed E-state index contributed by atoms with van der Waals surface area (Å²) in [6.45, 7) is 3.40. The quantitative estimate of drug-likeness (QED) is 0.753. The van der Waals surface area contributed by atoms with Crippen LogP contribution in [0.25, 0.3) is 0 Å². The molecule has 1 rings (SSSR count). The van der Waals surface area contributed by atoms with E-state index in [2.05, 4.69) is 22.9 Å². The van der Waals surface area contributed by atoms with Crippen LogP contribution in [0.2, 0.25) is 0 Å². The number of unbranched alkanes of at least 4 members (excludes halogenated alkanes) is 1. The maximum absolute atomic E-state index is 12.1. The summed E-state index contributed by atoms with van der Waals surface area (Å²) in [6, 6.07) is 1.67. The Labute approximate surface area is 109 Å². The summed E-state index contributed by atoms with van der Waals surface area (Å²) in [5, 5.41) is 0. The smallest absolute Gasteiger partial charge is 0.258 e. The van der Waals surface area contributed by atoms with Gasteiger partial charge in [0.05, 0.1) is 11.8 Å². The second-order valence-electron chi connectivity index (χ2n) is 3.44. The molecule has 0 aliphatic heterocycles. The molecule has 3 nitrogen and oxygen atoms in total. The Morgan fingerprint density at radius 3 is 2.81 bits per heavy atom. The van der Waals surface area contributed by atoms with E-state index in [1.54, 1.807) is 11.0 Å². The van der Waals surface area contributed by atoms with Gasteiger partial charge < -0.3 is 9.32 Å². The van der Waals surface area contributed by atoms with Crippen molar-refractivity contribution < 1.29 is 9.21 Å². The predicted molar refractivity (Wildman–Crippen MR) is 67.9 cm³/mol. The van der Waals surface area contributed by atoms with E-state index >= 15 is 0 Å². The van der Waals surface area contributed by atoms with Crippen LogP contribution in [0.4, 0.5) is 0 Å². The van der Waals surface area contributed by atoms with E-state index in [9.17, 15) is 4.79 Å². The third-order valence-electron chi connectivity index (χ3n) is 2.27. The van der Waals surface area contributed by atoms with E-state index in [0.29, 0.717) is 22.7 Å². The molecular weight excluding hydrogens is 293 g/mol. The zero-order chi connectivity index (χ0) is 12.0. The summed E-state index contributed by atoms with van der Waals surface area (Å²) < 4.78 is 5.53. The summed E-state index contributed by atoms with van der Waals surface area (Å²) >= 11 is 8.90. The number of hydrogen-bond donors (Lipinski definition) is 0. The maximum Gasteiger partial charge on any atom is 0.258 e. The molecule has 0 saturated carbocycles. The molecule has 0 aliphatic carbocycles. The highest BCUT2D eigenvalue weighted by atomic mass is 79.9. The molecule has 5 heteroatoms. The highest BCUT2D eigenvalue weighted by Gasteiger charge is 2.19. The zero-order valence-electron chi connectivity index (χ0n) is 9.21. The number of rotatable bonds is 6. The Morgan fingerprint density at radius 1 is 1.56 bits per heavy atom. The lowest BCUT2D eigenvalue weighted by molar-refractivity contribution is 0.0761. The van der Waals surface area contributed by atoms with Crippen LogP contribution in [0.3, 0.4) is 0 Å². The van der Waals surface area contributed by atoms with Gasteiger partial charge >= 0.3 is 0 Å². The number of carbonyl (C=O) groups is 1. The van der Waals surface area contributed by atoms with Crippen molar-refractivity contribution in [2.75, 3.05) is 19.0 Å². The van der Waals surface area contributed by atoms with Crippen LogP contribution < -0.4 is 0 Å². The van der Waals surface area contributed by atoms with Crippen molar-refractivity contribution in [3.63, 3.8) is 0 Å². The molecular formula is C11H15BrClNO2. The number of halogens is 2. The van der Waals surface area contributed by atoms with Crippen molar-refractivity contribution in [1.82, 2.24) is 4.90 Å². The van der Waals surface area contributed by atoms with Gasteiger partial charge in [0.2, 0.25) is 0 Å². The van der Waals surface area contributed by atoms with Crippen molar-refractivity contribution in [2.24, 2.45) is 0 Å². The van der Waals surface area contributed by atoms with Crippen molar-refractivity contribution in [3.05, 3.63) is 22.6 Å². The Hall–Kier alpha value is -0.480.